The van der Waals surface area contributed by atoms with E-state index in [1.807, 2.05) is 36.4 Å². The number of nitrogens with one attached hydrogen (secondary N) is 2. The van der Waals surface area contributed by atoms with E-state index in [9.17, 15) is 9.18 Å². The second kappa shape index (κ2) is 9.28. The van der Waals surface area contributed by atoms with Crippen LogP contribution in [-0.2, 0) is 6.54 Å². The zero-order valence-corrected chi connectivity index (χ0v) is 20.1. The van der Waals surface area contributed by atoms with Gasteiger partial charge in [0, 0.05) is 30.1 Å². The molecule has 0 aliphatic carbocycles. The Bertz CT molecular complexity index is 1810. The van der Waals surface area contributed by atoms with Gasteiger partial charge in [0.05, 0.1) is 41.2 Å². The summed E-state index contributed by atoms with van der Waals surface area (Å²) in [5.41, 5.74) is 11.7. The number of nitrogens with two attached hydrogens (primary N) is 1. The number of anilines is 1. The molecule has 0 aliphatic heterocycles. The Morgan fingerprint density at radius 1 is 1.13 bits per heavy atom. The molecule has 0 unspecified atom stereocenters. The maximum absolute atomic E-state index is 13.6. The van der Waals surface area contributed by atoms with Crippen molar-refractivity contribution in [1.29, 1.82) is 0 Å². The van der Waals surface area contributed by atoms with Crippen LogP contribution < -0.4 is 15.8 Å². The van der Waals surface area contributed by atoms with E-state index in [0.717, 1.165) is 34.0 Å². The quantitative estimate of drug-likeness (QED) is 0.309. The number of benzene rings is 2. The molecular weight excluding hydrogens is 487 g/mol. The molecule has 0 spiro atoms. The molecule has 6 aromatic rings. The fourth-order valence-electron chi connectivity index (χ4n) is 4.39. The number of nitrogen functional groups attached to an aromatic ring is 1. The summed E-state index contributed by atoms with van der Waals surface area (Å²) in [6.07, 6.45) is 5.17. The van der Waals surface area contributed by atoms with Gasteiger partial charge in [-0.2, -0.15) is 10.2 Å². The lowest BCUT2D eigenvalue weighted by Crippen LogP contribution is -2.23. The Hall–Kier alpha value is -5.32. The number of rotatable bonds is 6. The number of ether oxygens (including phenoxy) is 1. The fraction of sp³-hybridized carbons (Fsp3) is 0.0741. The van der Waals surface area contributed by atoms with Crippen LogP contribution in [0.15, 0.2) is 73.2 Å². The highest BCUT2D eigenvalue weighted by Crippen LogP contribution is 2.35. The zero-order valence-electron chi connectivity index (χ0n) is 20.1. The molecule has 4 aromatic heterocycles. The SMILES string of the molecule is COc1ccc(F)cc1C(=O)NCc1ccc(-c2ncc(-c3cnc4cccnn34)c3[nH]nc(N)c23)cc1. The molecule has 0 bridgehead atoms. The van der Waals surface area contributed by atoms with Gasteiger partial charge in [-0.1, -0.05) is 24.3 Å². The highest BCUT2D eigenvalue weighted by molar-refractivity contribution is 6.06. The molecule has 4 N–H and O–H groups in total. The fourth-order valence-corrected chi connectivity index (χ4v) is 4.39. The minimum absolute atomic E-state index is 0.132. The number of nitrogens with zero attached hydrogens (tertiary/aromatic N) is 5. The number of fused-ring (bicyclic) bond motifs is 2. The first kappa shape index (κ1) is 23.1. The van der Waals surface area contributed by atoms with Crippen molar-refractivity contribution in [3.05, 3.63) is 90.1 Å². The maximum atomic E-state index is 13.6. The van der Waals surface area contributed by atoms with E-state index >= 15 is 0 Å². The van der Waals surface area contributed by atoms with Gasteiger partial charge in [-0.15, -0.1) is 0 Å². The lowest BCUT2D eigenvalue weighted by Gasteiger charge is -2.10. The van der Waals surface area contributed by atoms with E-state index in [2.05, 4.69) is 25.6 Å². The molecule has 4 heterocycles. The molecule has 2 aromatic carbocycles. The second-order valence-corrected chi connectivity index (χ2v) is 8.54. The number of imidazole rings is 1. The van der Waals surface area contributed by atoms with Crippen LogP contribution in [0.25, 0.3) is 39.1 Å². The van der Waals surface area contributed by atoms with E-state index in [0.29, 0.717) is 28.3 Å². The Morgan fingerprint density at radius 3 is 2.79 bits per heavy atom. The summed E-state index contributed by atoms with van der Waals surface area (Å²) in [4.78, 5) is 21.7. The number of carbonyl (C=O) groups is 1. The first-order chi connectivity index (χ1) is 18.5. The smallest absolute Gasteiger partial charge is 0.255 e. The number of methoxy groups -OCH3 is 1. The van der Waals surface area contributed by atoms with Crippen molar-refractivity contribution in [2.45, 2.75) is 6.54 Å². The number of aromatic nitrogens is 6. The summed E-state index contributed by atoms with van der Waals surface area (Å²) in [7, 11) is 1.43. The van der Waals surface area contributed by atoms with Crippen molar-refractivity contribution >= 4 is 28.3 Å². The average Bonchev–Trinajstić information content (AvgIpc) is 3.56. The average molecular weight is 509 g/mol. The second-order valence-electron chi connectivity index (χ2n) is 8.54. The molecule has 0 atom stereocenters. The third kappa shape index (κ3) is 3.95. The van der Waals surface area contributed by atoms with Gasteiger partial charge in [-0.05, 0) is 35.9 Å². The largest absolute Gasteiger partial charge is 0.496 e. The van der Waals surface area contributed by atoms with E-state index in [4.69, 9.17) is 15.5 Å². The van der Waals surface area contributed by atoms with Gasteiger partial charge in [0.25, 0.3) is 5.91 Å². The minimum atomic E-state index is -0.513. The van der Waals surface area contributed by atoms with Gasteiger partial charge in [0.15, 0.2) is 11.5 Å². The van der Waals surface area contributed by atoms with E-state index in [-0.39, 0.29) is 12.1 Å². The summed E-state index contributed by atoms with van der Waals surface area (Å²) in [6.45, 7) is 0.246. The molecule has 0 radical (unpaired) electrons. The molecule has 0 fully saturated rings. The number of pyridine rings is 1. The number of hydrogen-bond donors (Lipinski definition) is 3. The minimum Gasteiger partial charge on any atom is -0.496 e. The van der Waals surface area contributed by atoms with E-state index < -0.39 is 11.7 Å². The van der Waals surface area contributed by atoms with Crippen LogP contribution in [0.3, 0.4) is 0 Å². The van der Waals surface area contributed by atoms with Crippen molar-refractivity contribution in [3.8, 4) is 28.3 Å². The summed E-state index contributed by atoms with van der Waals surface area (Å²) in [6, 6.07) is 15.1. The predicted molar refractivity (Wildman–Crippen MR) is 140 cm³/mol. The molecule has 0 saturated carbocycles. The van der Waals surface area contributed by atoms with Gasteiger partial charge in [-0.3, -0.25) is 14.9 Å². The molecular formula is C27H21FN8O2. The molecule has 1 amide bonds. The highest BCUT2D eigenvalue weighted by atomic mass is 19.1. The number of halogens is 1. The van der Waals surface area contributed by atoms with Gasteiger partial charge in [0.2, 0.25) is 0 Å². The third-order valence-electron chi connectivity index (χ3n) is 6.26. The van der Waals surface area contributed by atoms with Crippen molar-refractivity contribution in [1.82, 2.24) is 35.1 Å². The van der Waals surface area contributed by atoms with Crippen LogP contribution >= 0.6 is 0 Å². The monoisotopic (exact) mass is 508 g/mol. The standard InChI is InChI=1S/C27H21FN8O2/c1-38-21-9-8-17(28)11-18(21)27(37)32-12-15-4-6-16(7-5-15)24-23-25(34-35-26(23)29)19(13-31-24)20-14-30-22-3-2-10-33-36(20)22/h2-11,13-14H,12H2,1H3,(H,32,37)(H3,29,34,35). The molecule has 10 nitrogen and oxygen atoms in total. The molecule has 188 valence electrons. The van der Waals surface area contributed by atoms with Gasteiger partial charge in [0.1, 0.15) is 11.6 Å². The summed E-state index contributed by atoms with van der Waals surface area (Å²) in [5, 5.41) is 15.1. The third-order valence-corrected chi connectivity index (χ3v) is 6.26. The molecule has 0 aliphatic rings. The first-order valence-corrected chi connectivity index (χ1v) is 11.7. The van der Waals surface area contributed by atoms with Crippen molar-refractivity contribution in [2.24, 2.45) is 0 Å². The molecule has 0 saturated heterocycles. The van der Waals surface area contributed by atoms with Crippen LogP contribution in [0.4, 0.5) is 10.2 Å². The summed E-state index contributed by atoms with van der Waals surface area (Å²) < 4.78 is 20.5. The van der Waals surface area contributed by atoms with Crippen LogP contribution in [0.2, 0.25) is 0 Å². The maximum Gasteiger partial charge on any atom is 0.255 e. The number of carbonyl (C=O) groups excluding carboxylic acids is 1. The molecule has 38 heavy (non-hydrogen) atoms. The van der Waals surface area contributed by atoms with Crippen molar-refractivity contribution < 1.29 is 13.9 Å². The van der Waals surface area contributed by atoms with E-state index in [1.54, 1.807) is 23.1 Å². The summed E-state index contributed by atoms with van der Waals surface area (Å²) in [5.74, 6) is -0.319. The number of aromatic amines is 1. The van der Waals surface area contributed by atoms with Gasteiger partial charge < -0.3 is 15.8 Å². The van der Waals surface area contributed by atoms with Crippen LogP contribution in [0, 0.1) is 5.82 Å². The normalized spacial score (nSPS) is 11.2. The number of amides is 1. The Kier molecular flexibility index (Phi) is 5.64. The van der Waals surface area contributed by atoms with Gasteiger partial charge in [-0.25, -0.2) is 13.9 Å². The number of hydrogen-bond acceptors (Lipinski definition) is 7. The predicted octanol–water partition coefficient (Wildman–Crippen LogP) is 3.99. The topological polar surface area (TPSA) is 136 Å². The van der Waals surface area contributed by atoms with Crippen molar-refractivity contribution in [3.63, 3.8) is 0 Å². The molecule has 11 heteroatoms. The van der Waals surface area contributed by atoms with E-state index in [1.165, 1.54) is 19.2 Å². The Labute approximate surface area is 215 Å². The number of H-pyrrole nitrogens is 1. The van der Waals surface area contributed by atoms with Crippen LogP contribution in [0.1, 0.15) is 15.9 Å². The van der Waals surface area contributed by atoms with Gasteiger partial charge >= 0.3 is 0 Å². The Balaban J connectivity index is 1.28. The highest BCUT2D eigenvalue weighted by Gasteiger charge is 2.19. The summed E-state index contributed by atoms with van der Waals surface area (Å²) >= 11 is 0. The Morgan fingerprint density at radius 2 is 1.97 bits per heavy atom. The lowest BCUT2D eigenvalue weighted by atomic mass is 10.0. The first-order valence-electron chi connectivity index (χ1n) is 11.7. The zero-order chi connectivity index (χ0) is 26.2. The van der Waals surface area contributed by atoms with Crippen LogP contribution in [-0.4, -0.2) is 42.8 Å². The van der Waals surface area contributed by atoms with Crippen LogP contribution in [0.5, 0.6) is 5.75 Å². The van der Waals surface area contributed by atoms with Crippen molar-refractivity contribution in [2.75, 3.05) is 12.8 Å². The lowest BCUT2D eigenvalue weighted by molar-refractivity contribution is 0.0947. The molecule has 6 rings (SSSR count).